The van der Waals surface area contributed by atoms with Crippen LogP contribution in [0.25, 0.3) is 0 Å². The van der Waals surface area contributed by atoms with Crippen molar-refractivity contribution in [3.8, 4) is 5.75 Å². The number of aromatic nitrogens is 1. The molecule has 0 aliphatic heterocycles. The minimum Gasteiger partial charge on any atom is -0.497 e. The third kappa shape index (κ3) is 3.46. The van der Waals surface area contributed by atoms with Gasteiger partial charge in [0.2, 0.25) is 0 Å². The van der Waals surface area contributed by atoms with Gasteiger partial charge in [0.1, 0.15) is 11.4 Å². The number of hydrogen-bond donors (Lipinski definition) is 3. The fourth-order valence-corrected chi connectivity index (χ4v) is 2.06. The molecule has 1 aromatic carbocycles. The van der Waals surface area contributed by atoms with Crippen LogP contribution in [0.5, 0.6) is 5.75 Å². The summed E-state index contributed by atoms with van der Waals surface area (Å²) in [5.74, 6) is 5.60. The molecule has 1 amide bonds. The van der Waals surface area contributed by atoms with E-state index >= 15 is 0 Å². The Morgan fingerprint density at radius 3 is 2.80 bits per heavy atom. The molecular formula is C13H13BrN4O2. The first-order chi connectivity index (χ1) is 9.62. The number of hydrazine groups is 1. The number of anilines is 2. The first-order valence-corrected chi connectivity index (χ1v) is 6.50. The fourth-order valence-electron chi connectivity index (χ4n) is 1.59. The summed E-state index contributed by atoms with van der Waals surface area (Å²) in [6.07, 6.45) is 1.51. The fraction of sp³-hybridized carbons (Fsp3) is 0.0769. The Bertz CT molecular complexity index is 634. The van der Waals surface area contributed by atoms with E-state index in [2.05, 4.69) is 31.7 Å². The molecule has 6 nitrogen and oxygen atoms in total. The van der Waals surface area contributed by atoms with E-state index in [1.165, 1.54) is 6.20 Å². The lowest BCUT2D eigenvalue weighted by atomic mass is 10.2. The summed E-state index contributed by atoms with van der Waals surface area (Å²) in [5, 5.41) is 2.75. The third-order valence-corrected chi connectivity index (χ3v) is 2.98. The summed E-state index contributed by atoms with van der Waals surface area (Å²) >= 11 is 3.35. The molecule has 4 N–H and O–H groups in total. The van der Waals surface area contributed by atoms with Crippen molar-refractivity contribution in [3.05, 3.63) is 46.7 Å². The van der Waals surface area contributed by atoms with E-state index < -0.39 is 0 Å². The van der Waals surface area contributed by atoms with Crippen molar-refractivity contribution in [2.75, 3.05) is 17.9 Å². The van der Waals surface area contributed by atoms with E-state index in [9.17, 15) is 4.79 Å². The maximum absolute atomic E-state index is 12.1. The maximum Gasteiger partial charge on any atom is 0.274 e. The number of hydrogen-bond acceptors (Lipinski definition) is 5. The zero-order chi connectivity index (χ0) is 14.5. The lowest BCUT2D eigenvalue weighted by molar-refractivity contribution is 0.102. The average molecular weight is 337 g/mol. The first kappa shape index (κ1) is 14.3. The van der Waals surface area contributed by atoms with Crippen LogP contribution in [0.1, 0.15) is 10.5 Å². The zero-order valence-electron chi connectivity index (χ0n) is 10.7. The second kappa shape index (κ2) is 6.36. The van der Waals surface area contributed by atoms with Crippen molar-refractivity contribution in [3.63, 3.8) is 0 Å². The van der Waals surface area contributed by atoms with Crippen molar-refractivity contribution in [2.45, 2.75) is 0 Å². The average Bonchev–Trinajstić information content (AvgIpc) is 2.46. The van der Waals surface area contributed by atoms with Gasteiger partial charge in [-0.15, -0.1) is 0 Å². The van der Waals surface area contributed by atoms with Crippen LogP contribution in [0.2, 0.25) is 0 Å². The molecule has 0 radical (unpaired) electrons. The Morgan fingerprint density at radius 2 is 2.10 bits per heavy atom. The molecule has 0 saturated heterocycles. The second-order valence-electron chi connectivity index (χ2n) is 3.91. The Hall–Kier alpha value is -2.12. The van der Waals surface area contributed by atoms with Crippen molar-refractivity contribution < 1.29 is 9.53 Å². The molecule has 0 fully saturated rings. The van der Waals surface area contributed by atoms with Crippen LogP contribution in [0.4, 0.5) is 11.4 Å². The molecule has 0 spiro atoms. The SMILES string of the molecule is COc1cc(Br)cc(NC(=O)c2cc(NN)ccn2)c1. The predicted molar refractivity (Wildman–Crippen MR) is 80.7 cm³/mol. The molecule has 7 heteroatoms. The largest absolute Gasteiger partial charge is 0.497 e. The molecule has 0 saturated carbocycles. The minimum atomic E-state index is -0.331. The summed E-state index contributed by atoms with van der Waals surface area (Å²) in [4.78, 5) is 16.1. The number of carbonyl (C=O) groups is 1. The number of rotatable bonds is 4. The van der Waals surface area contributed by atoms with Gasteiger partial charge in [-0.3, -0.25) is 15.6 Å². The molecule has 0 bridgehead atoms. The number of halogens is 1. The Labute approximate surface area is 124 Å². The molecule has 0 atom stereocenters. The van der Waals surface area contributed by atoms with Crippen LogP contribution in [0.15, 0.2) is 41.0 Å². The van der Waals surface area contributed by atoms with Gasteiger partial charge in [0.25, 0.3) is 5.91 Å². The highest BCUT2D eigenvalue weighted by molar-refractivity contribution is 9.10. The molecule has 0 unspecified atom stereocenters. The molecule has 2 aromatic rings. The van der Waals surface area contributed by atoms with E-state index in [0.717, 1.165) is 4.47 Å². The highest BCUT2D eigenvalue weighted by Gasteiger charge is 2.09. The zero-order valence-corrected chi connectivity index (χ0v) is 12.3. The number of nitrogen functional groups attached to an aromatic ring is 1. The summed E-state index contributed by atoms with van der Waals surface area (Å²) in [6.45, 7) is 0. The van der Waals surface area contributed by atoms with Gasteiger partial charge in [0, 0.05) is 22.4 Å². The molecule has 2 rings (SSSR count). The molecular weight excluding hydrogens is 324 g/mol. The van der Waals surface area contributed by atoms with Crippen LogP contribution in [0, 0.1) is 0 Å². The lowest BCUT2D eigenvalue weighted by Crippen LogP contribution is -2.15. The van der Waals surface area contributed by atoms with Crippen molar-refractivity contribution in [1.82, 2.24) is 4.98 Å². The molecule has 1 heterocycles. The highest BCUT2D eigenvalue weighted by Crippen LogP contribution is 2.24. The van der Waals surface area contributed by atoms with Gasteiger partial charge >= 0.3 is 0 Å². The number of pyridine rings is 1. The van der Waals surface area contributed by atoms with E-state index in [0.29, 0.717) is 17.1 Å². The molecule has 0 aliphatic rings. The van der Waals surface area contributed by atoms with Crippen molar-refractivity contribution >= 4 is 33.2 Å². The normalized spacial score (nSPS) is 9.95. The second-order valence-corrected chi connectivity index (χ2v) is 4.82. The number of amides is 1. The third-order valence-electron chi connectivity index (χ3n) is 2.52. The van der Waals surface area contributed by atoms with E-state index in [1.54, 1.807) is 37.4 Å². The van der Waals surface area contributed by atoms with Gasteiger partial charge in [-0.05, 0) is 24.3 Å². The Kier molecular flexibility index (Phi) is 4.54. The van der Waals surface area contributed by atoms with Gasteiger partial charge in [0.15, 0.2) is 0 Å². The van der Waals surface area contributed by atoms with E-state index in [-0.39, 0.29) is 11.6 Å². The summed E-state index contributed by atoms with van der Waals surface area (Å²) in [5.41, 5.74) is 3.94. The number of nitrogens with one attached hydrogen (secondary N) is 2. The number of nitrogens with zero attached hydrogens (tertiary/aromatic N) is 1. The maximum atomic E-state index is 12.1. The van der Waals surface area contributed by atoms with Crippen LogP contribution in [-0.4, -0.2) is 18.0 Å². The van der Waals surface area contributed by atoms with Crippen LogP contribution in [-0.2, 0) is 0 Å². The van der Waals surface area contributed by atoms with Gasteiger partial charge in [0.05, 0.1) is 12.8 Å². The first-order valence-electron chi connectivity index (χ1n) is 5.71. The van der Waals surface area contributed by atoms with E-state index in [4.69, 9.17) is 10.6 Å². The standard InChI is InChI=1S/C13H13BrN4O2/c1-20-11-5-8(14)4-10(6-11)17-13(19)12-7-9(18-15)2-3-16-12/h2-7H,15H2,1H3,(H,16,18)(H,17,19). The smallest absolute Gasteiger partial charge is 0.274 e. The van der Waals surface area contributed by atoms with Crippen molar-refractivity contribution in [2.24, 2.45) is 5.84 Å². The minimum absolute atomic E-state index is 0.263. The molecule has 0 aliphatic carbocycles. The van der Waals surface area contributed by atoms with Gasteiger partial charge < -0.3 is 15.5 Å². The highest BCUT2D eigenvalue weighted by atomic mass is 79.9. The quantitative estimate of drug-likeness (QED) is 0.589. The van der Waals surface area contributed by atoms with E-state index in [1.807, 2.05) is 0 Å². The van der Waals surface area contributed by atoms with Crippen molar-refractivity contribution in [1.29, 1.82) is 0 Å². The number of methoxy groups -OCH3 is 1. The van der Waals surface area contributed by atoms with Crippen LogP contribution in [0.3, 0.4) is 0 Å². The summed E-state index contributed by atoms with van der Waals surface area (Å²) < 4.78 is 5.94. The van der Waals surface area contributed by atoms with Gasteiger partial charge in [-0.1, -0.05) is 15.9 Å². The number of carbonyl (C=O) groups excluding carboxylic acids is 1. The number of benzene rings is 1. The molecule has 104 valence electrons. The lowest BCUT2D eigenvalue weighted by Gasteiger charge is -2.08. The Balaban J connectivity index is 2.20. The predicted octanol–water partition coefficient (Wildman–Crippen LogP) is 2.39. The van der Waals surface area contributed by atoms with Crippen LogP contribution >= 0.6 is 15.9 Å². The summed E-state index contributed by atoms with van der Waals surface area (Å²) in [7, 11) is 1.56. The van der Waals surface area contributed by atoms with Gasteiger partial charge in [-0.25, -0.2) is 0 Å². The van der Waals surface area contributed by atoms with Crippen LogP contribution < -0.4 is 21.3 Å². The molecule has 1 aromatic heterocycles. The topological polar surface area (TPSA) is 89.3 Å². The number of ether oxygens (including phenoxy) is 1. The Morgan fingerprint density at radius 1 is 1.30 bits per heavy atom. The van der Waals surface area contributed by atoms with Gasteiger partial charge in [-0.2, -0.15) is 0 Å². The number of nitrogens with two attached hydrogens (primary N) is 1. The summed E-state index contributed by atoms with van der Waals surface area (Å²) in [6, 6.07) is 8.51. The molecule has 20 heavy (non-hydrogen) atoms. The monoisotopic (exact) mass is 336 g/mol.